The molecule has 5 aromatic rings. The van der Waals surface area contributed by atoms with Crippen LogP contribution in [0.25, 0.3) is 33.5 Å². The molecule has 0 aliphatic heterocycles. The minimum Gasteiger partial charge on any atom is -0.507 e. The minimum absolute atomic E-state index is 0.0996. The van der Waals surface area contributed by atoms with Crippen LogP contribution >= 0.6 is 0 Å². The van der Waals surface area contributed by atoms with Gasteiger partial charge in [-0.2, -0.15) is 0 Å². The van der Waals surface area contributed by atoms with Gasteiger partial charge in [0.25, 0.3) is 0 Å². The van der Waals surface area contributed by atoms with Gasteiger partial charge in [0, 0.05) is 44.8 Å². The maximum absolute atomic E-state index is 12.6. The first kappa shape index (κ1) is 38.5. The van der Waals surface area contributed by atoms with Crippen LogP contribution in [0.1, 0.15) is 155 Å². The standard InChI is InChI=1S/C57H65NO2/c1-32(2)41-10-12-42(13-11-41)46-16-34(5)19-50(54(46)59)57-30-39-23-40(31-57)25-44(24-39)53(57)52-9-7-8-51(58-52)47-26-43(33(3)4)14-15-45(47)48-17-35(6)18-49(55(48)60)56-27-36-20-37(28-56)22-38(21-36)29-56/h7-19,26,32-33,36-40,44,53,59-60H,20-25,27-31H2,1-6H3/t36?,37?,38?,39-,40-,44?,53?,56?,57?/m1/s1. The van der Waals surface area contributed by atoms with Crippen molar-refractivity contribution in [3.8, 4) is 45.0 Å². The molecule has 3 atom stereocenters. The van der Waals surface area contributed by atoms with E-state index in [4.69, 9.17) is 4.98 Å². The average Bonchev–Trinajstić information content (AvgIpc) is 3.21. The van der Waals surface area contributed by atoms with Gasteiger partial charge < -0.3 is 10.2 Å². The number of hydrogen-bond donors (Lipinski definition) is 2. The van der Waals surface area contributed by atoms with Crippen LogP contribution < -0.4 is 0 Å². The maximum Gasteiger partial charge on any atom is 0.127 e. The molecule has 13 rings (SSSR count). The molecule has 0 saturated heterocycles. The molecule has 0 amide bonds. The molecule has 1 heterocycles. The smallest absolute Gasteiger partial charge is 0.127 e. The number of pyridine rings is 1. The van der Waals surface area contributed by atoms with E-state index in [2.05, 4.69) is 126 Å². The molecule has 1 unspecified atom stereocenters. The molecule has 8 saturated carbocycles. The number of aryl methyl sites for hydroxylation is 2. The van der Waals surface area contributed by atoms with Gasteiger partial charge in [0.05, 0.1) is 5.69 Å². The van der Waals surface area contributed by atoms with Crippen molar-refractivity contribution in [2.75, 3.05) is 0 Å². The molecule has 8 aliphatic rings. The van der Waals surface area contributed by atoms with Crippen molar-refractivity contribution >= 4 is 0 Å². The minimum atomic E-state index is -0.173. The maximum atomic E-state index is 12.6. The number of phenols is 2. The third-order valence-corrected chi connectivity index (χ3v) is 17.2. The van der Waals surface area contributed by atoms with Gasteiger partial charge in [-0.1, -0.05) is 82.3 Å². The van der Waals surface area contributed by atoms with E-state index in [-0.39, 0.29) is 16.7 Å². The van der Waals surface area contributed by atoms with E-state index in [1.165, 1.54) is 91.3 Å². The number of aromatic nitrogens is 1. The van der Waals surface area contributed by atoms with Crippen LogP contribution in [-0.2, 0) is 10.8 Å². The predicted octanol–water partition coefficient (Wildman–Crippen LogP) is 14.7. The molecular weight excluding hydrogens is 731 g/mol. The number of aromatic hydroxyl groups is 2. The Hall–Kier alpha value is -4.37. The van der Waals surface area contributed by atoms with Crippen LogP contribution in [0, 0.1) is 49.4 Å². The molecule has 8 bridgehead atoms. The molecule has 0 spiro atoms. The zero-order valence-electron chi connectivity index (χ0n) is 36.9. The highest BCUT2D eigenvalue weighted by atomic mass is 16.3. The molecule has 60 heavy (non-hydrogen) atoms. The Labute approximate surface area is 359 Å². The molecule has 4 aromatic carbocycles. The van der Waals surface area contributed by atoms with Crippen LogP contribution in [0.3, 0.4) is 0 Å². The van der Waals surface area contributed by atoms with E-state index in [1.807, 2.05) is 0 Å². The lowest BCUT2D eigenvalue weighted by molar-refractivity contribution is -0.0302. The topological polar surface area (TPSA) is 53.4 Å². The summed E-state index contributed by atoms with van der Waals surface area (Å²) in [6.45, 7) is 13.5. The SMILES string of the molecule is Cc1cc(-c2ccc(C(C)C)cc2-c2cccc(C3C4C[C@H]5C[C@H](C4)CC3(c3cc(C)cc(-c4ccc(C(C)C)cc4)c3O)C5)n2)c(O)c(C23CC4CC(CC(C4)C2)C3)c1. The second-order valence-corrected chi connectivity index (χ2v) is 22.0. The van der Waals surface area contributed by atoms with Gasteiger partial charge >= 0.3 is 0 Å². The van der Waals surface area contributed by atoms with Crippen LogP contribution in [0.15, 0.2) is 84.9 Å². The summed E-state index contributed by atoms with van der Waals surface area (Å²) in [4.78, 5) is 5.77. The van der Waals surface area contributed by atoms with Gasteiger partial charge in [-0.15, -0.1) is 0 Å². The molecule has 3 heteroatoms. The van der Waals surface area contributed by atoms with Crippen molar-refractivity contribution in [2.45, 2.75) is 141 Å². The normalized spacial score (nSPS) is 31.2. The Morgan fingerprint density at radius 1 is 0.533 bits per heavy atom. The van der Waals surface area contributed by atoms with E-state index in [0.717, 1.165) is 69.7 Å². The molecule has 2 N–H and O–H groups in total. The lowest BCUT2D eigenvalue weighted by Gasteiger charge is -2.61. The average molecular weight is 796 g/mol. The summed E-state index contributed by atoms with van der Waals surface area (Å²) in [7, 11) is 0. The summed E-state index contributed by atoms with van der Waals surface area (Å²) in [6.07, 6.45) is 13.9. The van der Waals surface area contributed by atoms with Crippen molar-refractivity contribution in [3.63, 3.8) is 0 Å². The number of benzene rings is 4. The summed E-state index contributed by atoms with van der Waals surface area (Å²) >= 11 is 0. The van der Waals surface area contributed by atoms with E-state index in [0.29, 0.717) is 41.1 Å². The highest BCUT2D eigenvalue weighted by molar-refractivity contribution is 5.86. The Bertz CT molecular complexity index is 2440. The second-order valence-electron chi connectivity index (χ2n) is 22.0. The van der Waals surface area contributed by atoms with Crippen LogP contribution in [0.5, 0.6) is 11.5 Å². The molecule has 8 aliphatic carbocycles. The molecule has 0 radical (unpaired) electrons. The van der Waals surface area contributed by atoms with Crippen molar-refractivity contribution in [1.29, 1.82) is 0 Å². The number of nitrogens with zero attached hydrogens (tertiary/aromatic N) is 1. The quantitative estimate of drug-likeness (QED) is 0.164. The van der Waals surface area contributed by atoms with Crippen molar-refractivity contribution in [2.24, 2.45) is 35.5 Å². The summed E-state index contributed by atoms with van der Waals surface area (Å²) in [5.41, 5.74) is 14.7. The fourth-order valence-electron chi connectivity index (χ4n) is 15.3. The summed E-state index contributed by atoms with van der Waals surface area (Å²) in [5.74, 6) is 6.38. The first-order valence-corrected chi connectivity index (χ1v) is 23.8. The first-order valence-electron chi connectivity index (χ1n) is 23.8. The van der Waals surface area contributed by atoms with Gasteiger partial charge in [-0.25, -0.2) is 0 Å². The third kappa shape index (κ3) is 6.13. The lowest BCUT2D eigenvalue weighted by atomic mass is 9.42. The highest BCUT2D eigenvalue weighted by Gasteiger charge is 2.59. The molecular formula is C57H65NO2. The molecule has 3 nitrogen and oxygen atoms in total. The number of phenolic OH excluding ortho intramolecular Hbond substituents is 2. The van der Waals surface area contributed by atoms with E-state index in [1.54, 1.807) is 0 Å². The summed E-state index contributed by atoms with van der Waals surface area (Å²) < 4.78 is 0. The van der Waals surface area contributed by atoms with Crippen molar-refractivity contribution < 1.29 is 10.2 Å². The third-order valence-electron chi connectivity index (χ3n) is 17.2. The van der Waals surface area contributed by atoms with Gasteiger partial charge in [-0.05, 0) is 201 Å². The Balaban J connectivity index is 1.04. The zero-order chi connectivity index (χ0) is 41.2. The Morgan fingerprint density at radius 3 is 1.70 bits per heavy atom. The Morgan fingerprint density at radius 2 is 1.08 bits per heavy atom. The number of rotatable bonds is 8. The largest absolute Gasteiger partial charge is 0.507 e. The molecule has 310 valence electrons. The number of hydrogen-bond acceptors (Lipinski definition) is 3. The Kier molecular flexibility index (Phi) is 9.05. The summed E-state index contributed by atoms with van der Waals surface area (Å²) in [6, 6.07) is 31.7. The fourth-order valence-corrected chi connectivity index (χ4v) is 15.3. The summed E-state index contributed by atoms with van der Waals surface area (Å²) in [5, 5.41) is 25.1. The van der Waals surface area contributed by atoms with Gasteiger partial charge in [0.1, 0.15) is 11.5 Å². The van der Waals surface area contributed by atoms with Gasteiger partial charge in [0.2, 0.25) is 0 Å². The van der Waals surface area contributed by atoms with Gasteiger partial charge in [-0.3, -0.25) is 4.98 Å². The van der Waals surface area contributed by atoms with Gasteiger partial charge in [0.15, 0.2) is 0 Å². The lowest BCUT2D eigenvalue weighted by Crippen LogP contribution is -2.54. The van der Waals surface area contributed by atoms with E-state index in [9.17, 15) is 10.2 Å². The van der Waals surface area contributed by atoms with E-state index >= 15 is 0 Å². The molecule has 8 fully saturated rings. The van der Waals surface area contributed by atoms with Crippen molar-refractivity contribution in [1.82, 2.24) is 4.98 Å². The monoisotopic (exact) mass is 796 g/mol. The highest BCUT2D eigenvalue weighted by Crippen LogP contribution is 2.68. The predicted molar refractivity (Wildman–Crippen MR) is 246 cm³/mol. The van der Waals surface area contributed by atoms with Crippen LogP contribution in [0.2, 0.25) is 0 Å². The second kappa shape index (κ2) is 14.1. The first-order chi connectivity index (χ1) is 28.9. The van der Waals surface area contributed by atoms with Crippen molar-refractivity contribution in [3.05, 3.63) is 124 Å². The van der Waals surface area contributed by atoms with Crippen LogP contribution in [-0.4, -0.2) is 15.2 Å². The fraction of sp³-hybridized carbons (Fsp3) is 0.491. The van der Waals surface area contributed by atoms with Crippen LogP contribution in [0.4, 0.5) is 0 Å². The van der Waals surface area contributed by atoms with E-state index < -0.39 is 0 Å². The zero-order valence-corrected chi connectivity index (χ0v) is 36.9. The molecule has 1 aromatic heterocycles.